The standard InChI is InChI=1S/C20H22F2N2O3/c1-3-17(20(26)23-2)24(12-14-8-10-15(21)11-9-14)19(25)13-27-18-7-5-4-6-16(18)22/h4-11,17H,3,12-13H2,1-2H3,(H,23,26)/t17-/m0/s1. The highest BCUT2D eigenvalue weighted by molar-refractivity contribution is 5.88. The summed E-state index contributed by atoms with van der Waals surface area (Å²) in [4.78, 5) is 26.3. The van der Waals surface area contributed by atoms with Crippen LogP contribution >= 0.6 is 0 Å². The largest absolute Gasteiger partial charge is 0.481 e. The molecule has 0 radical (unpaired) electrons. The first-order valence-corrected chi connectivity index (χ1v) is 8.59. The van der Waals surface area contributed by atoms with Crippen LogP contribution < -0.4 is 10.1 Å². The molecule has 144 valence electrons. The van der Waals surface area contributed by atoms with E-state index in [0.29, 0.717) is 12.0 Å². The number of halogens is 2. The molecule has 27 heavy (non-hydrogen) atoms. The minimum atomic E-state index is -0.725. The van der Waals surface area contributed by atoms with E-state index in [1.807, 2.05) is 0 Å². The van der Waals surface area contributed by atoms with Crippen molar-refractivity contribution in [2.75, 3.05) is 13.7 Å². The molecule has 0 saturated heterocycles. The number of carbonyl (C=O) groups is 2. The molecule has 0 heterocycles. The third-order valence-corrected chi connectivity index (χ3v) is 4.09. The molecular weight excluding hydrogens is 354 g/mol. The maximum absolute atomic E-state index is 13.7. The van der Waals surface area contributed by atoms with Gasteiger partial charge in [0.15, 0.2) is 18.2 Å². The zero-order valence-electron chi connectivity index (χ0n) is 15.2. The number of nitrogens with one attached hydrogen (secondary N) is 1. The number of carbonyl (C=O) groups excluding carboxylic acids is 2. The Labute approximate surface area is 156 Å². The summed E-state index contributed by atoms with van der Waals surface area (Å²) in [5.74, 6) is -1.80. The molecule has 0 aliphatic rings. The van der Waals surface area contributed by atoms with Crippen LogP contribution in [-0.2, 0) is 16.1 Å². The molecule has 0 saturated carbocycles. The van der Waals surface area contributed by atoms with Gasteiger partial charge in [0.05, 0.1) is 0 Å². The van der Waals surface area contributed by atoms with Gasteiger partial charge in [-0.1, -0.05) is 31.2 Å². The molecule has 5 nitrogen and oxygen atoms in total. The Morgan fingerprint density at radius 2 is 1.78 bits per heavy atom. The van der Waals surface area contributed by atoms with E-state index in [1.54, 1.807) is 25.1 Å². The van der Waals surface area contributed by atoms with Gasteiger partial charge in [-0.25, -0.2) is 8.78 Å². The predicted molar refractivity (Wildman–Crippen MR) is 97.0 cm³/mol. The van der Waals surface area contributed by atoms with Crippen molar-refractivity contribution in [3.05, 3.63) is 65.7 Å². The summed E-state index contributed by atoms with van der Waals surface area (Å²) in [6, 6.07) is 10.7. The van der Waals surface area contributed by atoms with Gasteiger partial charge in [0.1, 0.15) is 11.9 Å². The topological polar surface area (TPSA) is 58.6 Å². The zero-order chi connectivity index (χ0) is 19.8. The minimum Gasteiger partial charge on any atom is -0.481 e. The van der Waals surface area contributed by atoms with Crippen LogP contribution in [0.4, 0.5) is 8.78 Å². The molecule has 2 rings (SSSR count). The molecule has 0 bridgehead atoms. The average Bonchev–Trinajstić information content (AvgIpc) is 2.68. The molecule has 2 aromatic rings. The molecule has 0 spiro atoms. The highest BCUT2D eigenvalue weighted by atomic mass is 19.1. The van der Waals surface area contributed by atoms with Crippen molar-refractivity contribution in [1.29, 1.82) is 0 Å². The maximum atomic E-state index is 13.7. The predicted octanol–water partition coefficient (Wildman–Crippen LogP) is 2.90. The lowest BCUT2D eigenvalue weighted by molar-refractivity contribution is -0.142. The van der Waals surface area contributed by atoms with E-state index in [0.717, 1.165) is 0 Å². The van der Waals surface area contributed by atoms with Crippen molar-refractivity contribution >= 4 is 11.8 Å². The van der Waals surface area contributed by atoms with Crippen LogP contribution in [0.5, 0.6) is 5.75 Å². The Morgan fingerprint density at radius 1 is 1.11 bits per heavy atom. The van der Waals surface area contributed by atoms with E-state index in [4.69, 9.17) is 4.74 Å². The number of hydrogen-bond acceptors (Lipinski definition) is 3. The summed E-state index contributed by atoms with van der Waals surface area (Å²) >= 11 is 0. The Bertz CT molecular complexity index is 781. The van der Waals surface area contributed by atoms with Gasteiger partial charge in [-0.15, -0.1) is 0 Å². The zero-order valence-corrected chi connectivity index (χ0v) is 15.2. The smallest absolute Gasteiger partial charge is 0.261 e. The highest BCUT2D eigenvalue weighted by Crippen LogP contribution is 2.17. The van der Waals surface area contributed by atoms with E-state index in [9.17, 15) is 18.4 Å². The average molecular weight is 376 g/mol. The van der Waals surface area contributed by atoms with Crippen LogP contribution in [0, 0.1) is 11.6 Å². The molecule has 0 aliphatic heterocycles. The third-order valence-electron chi connectivity index (χ3n) is 4.09. The monoisotopic (exact) mass is 376 g/mol. The van der Waals surface area contributed by atoms with Gasteiger partial charge in [-0.05, 0) is 36.2 Å². The van der Waals surface area contributed by atoms with Crippen LogP contribution in [0.1, 0.15) is 18.9 Å². The van der Waals surface area contributed by atoms with Gasteiger partial charge in [-0.2, -0.15) is 0 Å². The number of hydrogen-bond donors (Lipinski definition) is 1. The molecule has 0 unspecified atom stereocenters. The van der Waals surface area contributed by atoms with Gasteiger partial charge >= 0.3 is 0 Å². The third kappa shape index (κ3) is 5.51. The lowest BCUT2D eigenvalue weighted by atomic mass is 10.1. The Morgan fingerprint density at radius 3 is 2.37 bits per heavy atom. The van der Waals surface area contributed by atoms with Gasteiger partial charge in [0, 0.05) is 13.6 Å². The van der Waals surface area contributed by atoms with E-state index in [2.05, 4.69) is 5.32 Å². The summed E-state index contributed by atoms with van der Waals surface area (Å²) in [5.41, 5.74) is 0.665. The molecule has 1 atom stereocenters. The number of ether oxygens (including phenoxy) is 1. The van der Waals surface area contributed by atoms with Crippen molar-refractivity contribution in [3.8, 4) is 5.75 Å². The number of likely N-dealkylation sites (N-methyl/N-ethyl adjacent to an activating group) is 1. The SMILES string of the molecule is CC[C@@H](C(=O)NC)N(Cc1ccc(F)cc1)C(=O)COc1ccccc1F. The Balaban J connectivity index is 2.19. The van der Waals surface area contributed by atoms with Crippen molar-refractivity contribution in [1.82, 2.24) is 10.2 Å². The van der Waals surface area contributed by atoms with Crippen LogP contribution in [0.2, 0.25) is 0 Å². The van der Waals surface area contributed by atoms with Crippen molar-refractivity contribution in [2.45, 2.75) is 25.9 Å². The minimum absolute atomic E-state index is 0.0411. The van der Waals surface area contributed by atoms with E-state index >= 15 is 0 Å². The van der Waals surface area contributed by atoms with Gasteiger partial charge in [0.25, 0.3) is 5.91 Å². The lowest BCUT2D eigenvalue weighted by Crippen LogP contribution is -2.49. The molecular formula is C20H22F2N2O3. The van der Waals surface area contributed by atoms with E-state index in [-0.39, 0.29) is 18.2 Å². The molecule has 1 N–H and O–H groups in total. The van der Waals surface area contributed by atoms with E-state index in [1.165, 1.54) is 42.3 Å². The van der Waals surface area contributed by atoms with Gasteiger partial charge in [0.2, 0.25) is 5.91 Å². The fourth-order valence-electron chi connectivity index (χ4n) is 2.66. The summed E-state index contributed by atoms with van der Waals surface area (Å²) < 4.78 is 32.1. The first-order chi connectivity index (χ1) is 13.0. The summed E-state index contributed by atoms with van der Waals surface area (Å²) in [6.45, 7) is 1.46. The van der Waals surface area contributed by atoms with Gasteiger partial charge < -0.3 is 15.0 Å². The summed E-state index contributed by atoms with van der Waals surface area (Å²) in [5, 5.41) is 2.54. The van der Waals surface area contributed by atoms with Crippen LogP contribution in [0.15, 0.2) is 48.5 Å². The van der Waals surface area contributed by atoms with Gasteiger partial charge in [-0.3, -0.25) is 9.59 Å². The molecule has 0 fully saturated rings. The number of amides is 2. The highest BCUT2D eigenvalue weighted by Gasteiger charge is 2.28. The normalized spacial score (nSPS) is 11.6. The van der Waals surface area contributed by atoms with Crippen molar-refractivity contribution < 1.29 is 23.1 Å². The first-order valence-electron chi connectivity index (χ1n) is 8.59. The van der Waals surface area contributed by atoms with Crippen molar-refractivity contribution in [2.24, 2.45) is 0 Å². The Kier molecular flexibility index (Phi) is 7.28. The molecule has 0 aromatic heterocycles. The fraction of sp³-hybridized carbons (Fsp3) is 0.300. The summed E-state index contributed by atoms with van der Waals surface area (Å²) in [6.07, 6.45) is 0.381. The molecule has 0 aliphatic carbocycles. The first kappa shape index (κ1) is 20.4. The molecule has 2 aromatic carbocycles. The second kappa shape index (κ2) is 9.66. The van der Waals surface area contributed by atoms with Crippen LogP contribution in [-0.4, -0.2) is 36.4 Å². The van der Waals surface area contributed by atoms with E-state index < -0.39 is 30.2 Å². The van der Waals surface area contributed by atoms with Crippen molar-refractivity contribution in [3.63, 3.8) is 0 Å². The molecule has 7 heteroatoms. The quantitative estimate of drug-likeness (QED) is 0.771. The fourth-order valence-corrected chi connectivity index (χ4v) is 2.66. The number of benzene rings is 2. The number of para-hydroxylation sites is 1. The lowest BCUT2D eigenvalue weighted by Gasteiger charge is -2.30. The number of rotatable bonds is 8. The maximum Gasteiger partial charge on any atom is 0.261 e. The van der Waals surface area contributed by atoms with Crippen LogP contribution in [0.25, 0.3) is 0 Å². The Hall–Kier alpha value is -2.96. The second-order valence-electron chi connectivity index (χ2n) is 5.91. The number of nitrogens with zero attached hydrogens (tertiary/aromatic N) is 1. The molecule has 2 amide bonds. The summed E-state index contributed by atoms with van der Waals surface area (Å²) in [7, 11) is 1.49. The second-order valence-corrected chi connectivity index (χ2v) is 5.91. The van der Waals surface area contributed by atoms with Crippen LogP contribution in [0.3, 0.4) is 0 Å².